The van der Waals surface area contributed by atoms with Crippen molar-refractivity contribution in [2.75, 3.05) is 6.54 Å². The summed E-state index contributed by atoms with van der Waals surface area (Å²) in [6, 6.07) is 6.40. The minimum Gasteiger partial charge on any atom is -0.458 e. The van der Waals surface area contributed by atoms with Crippen molar-refractivity contribution in [2.45, 2.75) is 18.9 Å². The number of nitrogens with zero attached hydrogens (tertiary/aromatic N) is 4. The molecule has 30 heavy (non-hydrogen) atoms. The summed E-state index contributed by atoms with van der Waals surface area (Å²) in [4.78, 5) is 22.2. The van der Waals surface area contributed by atoms with Gasteiger partial charge in [-0.1, -0.05) is 6.07 Å². The molecule has 1 atom stereocenters. The van der Waals surface area contributed by atoms with E-state index in [2.05, 4.69) is 15.1 Å². The number of carbonyl (C=O) groups excluding carboxylic acids is 1. The Balaban J connectivity index is 1.62. The maximum Gasteiger partial charge on any atom is 0.282 e. The third kappa shape index (κ3) is 2.78. The van der Waals surface area contributed by atoms with Gasteiger partial charge in [0.1, 0.15) is 34.6 Å². The lowest BCUT2D eigenvalue weighted by atomic mass is 9.99. The van der Waals surface area contributed by atoms with Crippen LogP contribution in [0.1, 0.15) is 45.8 Å². The maximum atomic E-state index is 14.2. The Morgan fingerprint density at radius 3 is 2.90 bits per heavy atom. The number of halogens is 3. The molecule has 1 aromatic carbocycles. The Bertz CT molecular complexity index is 1260. The normalized spacial score (nSPS) is 16.4. The van der Waals surface area contributed by atoms with Crippen molar-refractivity contribution in [2.24, 2.45) is 7.05 Å². The summed E-state index contributed by atoms with van der Waals surface area (Å²) in [5, 5.41) is 4.02. The molecule has 0 saturated carbocycles. The lowest BCUT2D eigenvalue weighted by Crippen LogP contribution is -2.41. The van der Waals surface area contributed by atoms with Gasteiger partial charge in [-0.15, -0.1) is 0 Å². The van der Waals surface area contributed by atoms with Gasteiger partial charge in [0.2, 0.25) is 0 Å². The number of alkyl halides is 2. The van der Waals surface area contributed by atoms with E-state index in [0.29, 0.717) is 35.4 Å². The van der Waals surface area contributed by atoms with Crippen molar-refractivity contribution in [3.05, 3.63) is 71.0 Å². The first-order valence-electron chi connectivity index (χ1n) is 9.27. The number of H-pyrrole nitrogens is 1. The van der Waals surface area contributed by atoms with Gasteiger partial charge < -0.3 is 14.3 Å². The standard InChI is InChI=1S/C20H16F3N5O2/c1-27-14(8-13(26-27)19(22)23)20(29)28-6-5-12-17(25-9-24-12)18(28)16-7-10-11(21)3-2-4-15(10)30-16/h2-4,7-9,18-19H,5-6H2,1H3,(H,24,25)/t18-/m1/s1. The molecule has 4 aromatic rings. The number of aromatic amines is 1. The van der Waals surface area contributed by atoms with Crippen LogP contribution in [0.4, 0.5) is 13.2 Å². The molecule has 1 aliphatic rings. The largest absolute Gasteiger partial charge is 0.458 e. The fourth-order valence-electron chi connectivity index (χ4n) is 3.91. The van der Waals surface area contributed by atoms with E-state index in [1.807, 2.05) is 0 Å². The van der Waals surface area contributed by atoms with Crippen LogP contribution >= 0.6 is 0 Å². The third-order valence-corrected chi connectivity index (χ3v) is 5.32. The maximum absolute atomic E-state index is 14.2. The van der Waals surface area contributed by atoms with Crippen LogP contribution in [-0.2, 0) is 13.5 Å². The van der Waals surface area contributed by atoms with Crippen molar-refractivity contribution in [1.29, 1.82) is 0 Å². The highest BCUT2D eigenvalue weighted by molar-refractivity contribution is 5.93. The van der Waals surface area contributed by atoms with Crippen molar-refractivity contribution >= 4 is 16.9 Å². The number of fused-ring (bicyclic) bond motifs is 2. The second kappa shape index (κ2) is 6.75. The molecule has 1 aliphatic heterocycles. The van der Waals surface area contributed by atoms with E-state index in [-0.39, 0.29) is 5.69 Å². The molecule has 4 heterocycles. The van der Waals surface area contributed by atoms with Crippen LogP contribution in [0, 0.1) is 5.82 Å². The van der Waals surface area contributed by atoms with Crippen molar-refractivity contribution < 1.29 is 22.4 Å². The van der Waals surface area contributed by atoms with Gasteiger partial charge in [0.05, 0.1) is 17.4 Å². The number of imidazole rings is 1. The van der Waals surface area contributed by atoms with E-state index >= 15 is 0 Å². The number of aromatic nitrogens is 4. The lowest BCUT2D eigenvalue weighted by Gasteiger charge is -2.33. The average molecular weight is 415 g/mol. The summed E-state index contributed by atoms with van der Waals surface area (Å²) < 4.78 is 47.3. The lowest BCUT2D eigenvalue weighted by molar-refractivity contribution is 0.0661. The quantitative estimate of drug-likeness (QED) is 0.553. The monoisotopic (exact) mass is 415 g/mol. The summed E-state index contributed by atoms with van der Waals surface area (Å²) in [7, 11) is 1.44. The van der Waals surface area contributed by atoms with Gasteiger partial charge in [0.25, 0.3) is 12.3 Å². The number of rotatable bonds is 3. The van der Waals surface area contributed by atoms with Crippen LogP contribution in [0.15, 0.2) is 41.1 Å². The second-order valence-corrected chi connectivity index (χ2v) is 7.10. The van der Waals surface area contributed by atoms with E-state index in [0.717, 1.165) is 16.4 Å². The number of furan rings is 1. The zero-order valence-electron chi connectivity index (χ0n) is 15.8. The predicted molar refractivity (Wildman–Crippen MR) is 99.5 cm³/mol. The van der Waals surface area contributed by atoms with Gasteiger partial charge in [0.15, 0.2) is 0 Å². The molecule has 0 fully saturated rings. The molecule has 0 aliphatic carbocycles. The van der Waals surface area contributed by atoms with Crippen LogP contribution in [0.25, 0.3) is 11.0 Å². The molecule has 5 rings (SSSR count). The molecule has 0 saturated heterocycles. The highest BCUT2D eigenvalue weighted by atomic mass is 19.3. The van der Waals surface area contributed by atoms with Crippen LogP contribution in [-0.4, -0.2) is 37.1 Å². The summed E-state index contributed by atoms with van der Waals surface area (Å²) in [5.74, 6) is -0.587. The smallest absolute Gasteiger partial charge is 0.282 e. The van der Waals surface area contributed by atoms with Gasteiger partial charge in [-0.2, -0.15) is 5.10 Å². The molecule has 1 amide bonds. The Labute approximate surface area is 168 Å². The first kappa shape index (κ1) is 18.5. The SMILES string of the molecule is Cn1nc(C(F)F)cc1C(=O)N1CCc2[nH]cnc2[C@H]1c1cc2c(F)cccc2o1. The number of benzene rings is 1. The van der Waals surface area contributed by atoms with E-state index in [1.165, 1.54) is 30.4 Å². The molecular weight excluding hydrogens is 399 g/mol. The highest BCUT2D eigenvalue weighted by Crippen LogP contribution is 2.37. The molecule has 0 unspecified atom stereocenters. The van der Waals surface area contributed by atoms with Crippen LogP contribution in [0.3, 0.4) is 0 Å². The van der Waals surface area contributed by atoms with Crippen molar-refractivity contribution in [3.63, 3.8) is 0 Å². The zero-order chi connectivity index (χ0) is 21.0. The summed E-state index contributed by atoms with van der Waals surface area (Å²) in [6.45, 7) is 0.299. The fourth-order valence-corrected chi connectivity index (χ4v) is 3.91. The van der Waals surface area contributed by atoms with Crippen molar-refractivity contribution in [3.8, 4) is 0 Å². The van der Waals surface area contributed by atoms with Gasteiger partial charge in [0, 0.05) is 25.7 Å². The minimum atomic E-state index is -2.79. The fraction of sp³-hybridized carbons (Fsp3) is 0.250. The number of hydrogen-bond donors (Lipinski definition) is 1. The van der Waals surface area contributed by atoms with Crippen molar-refractivity contribution in [1.82, 2.24) is 24.6 Å². The number of amides is 1. The van der Waals surface area contributed by atoms with Crippen LogP contribution in [0.5, 0.6) is 0 Å². The highest BCUT2D eigenvalue weighted by Gasteiger charge is 2.38. The molecule has 3 aromatic heterocycles. The second-order valence-electron chi connectivity index (χ2n) is 7.10. The first-order valence-corrected chi connectivity index (χ1v) is 9.27. The molecule has 0 spiro atoms. The van der Waals surface area contributed by atoms with E-state index in [9.17, 15) is 18.0 Å². The van der Waals surface area contributed by atoms with Gasteiger partial charge in [-0.25, -0.2) is 18.2 Å². The van der Waals surface area contributed by atoms with E-state index in [1.54, 1.807) is 12.1 Å². The third-order valence-electron chi connectivity index (χ3n) is 5.32. The van der Waals surface area contributed by atoms with E-state index < -0.39 is 29.9 Å². The molecular formula is C20H16F3N5O2. The molecule has 7 nitrogen and oxygen atoms in total. The Morgan fingerprint density at radius 1 is 1.33 bits per heavy atom. The minimum absolute atomic E-state index is 0.0246. The summed E-state index contributed by atoms with van der Waals surface area (Å²) >= 11 is 0. The number of carbonyl (C=O) groups is 1. The van der Waals surface area contributed by atoms with Gasteiger partial charge >= 0.3 is 0 Å². The first-order chi connectivity index (χ1) is 14.4. The number of nitrogens with one attached hydrogen (secondary N) is 1. The molecule has 1 N–H and O–H groups in total. The van der Waals surface area contributed by atoms with Crippen LogP contribution < -0.4 is 0 Å². The van der Waals surface area contributed by atoms with Crippen LogP contribution in [0.2, 0.25) is 0 Å². The summed E-state index contributed by atoms with van der Waals surface area (Å²) in [6.07, 6.45) is -0.759. The summed E-state index contributed by atoms with van der Waals surface area (Å²) in [5.41, 5.74) is 1.31. The molecule has 0 radical (unpaired) electrons. The molecule has 154 valence electrons. The Hall–Kier alpha value is -3.56. The van der Waals surface area contributed by atoms with Gasteiger partial charge in [-0.05, 0) is 24.3 Å². The van der Waals surface area contributed by atoms with Gasteiger partial charge in [-0.3, -0.25) is 9.48 Å². The number of hydrogen-bond acceptors (Lipinski definition) is 4. The predicted octanol–water partition coefficient (Wildman–Crippen LogP) is 3.75. The molecule has 10 heteroatoms. The number of aryl methyl sites for hydroxylation is 1. The Morgan fingerprint density at radius 2 is 2.17 bits per heavy atom. The topological polar surface area (TPSA) is 80.0 Å². The Kier molecular flexibility index (Phi) is 4.16. The zero-order valence-corrected chi connectivity index (χ0v) is 15.8. The average Bonchev–Trinajstić information content (AvgIpc) is 3.44. The van der Waals surface area contributed by atoms with E-state index in [4.69, 9.17) is 4.42 Å². The molecule has 0 bridgehead atoms.